The number of alkyl halides is 1. The van der Waals surface area contributed by atoms with Crippen molar-refractivity contribution in [2.24, 2.45) is 0 Å². The van der Waals surface area contributed by atoms with Crippen LogP contribution in [-0.2, 0) is 29.4 Å². The molecule has 1 aliphatic carbocycles. The molecule has 1 saturated heterocycles. The summed E-state index contributed by atoms with van der Waals surface area (Å²) in [5.74, 6) is 0.710. The Morgan fingerprint density at radius 2 is 2.00 bits per heavy atom. The first-order valence-electron chi connectivity index (χ1n) is 11.8. The number of fused-ring (bicyclic) bond motifs is 2. The van der Waals surface area contributed by atoms with E-state index in [2.05, 4.69) is 32.0 Å². The Morgan fingerprint density at radius 3 is 2.71 bits per heavy atom. The number of piperidine rings is 1. The number of halogens is 1. The van der Waals surface area contributed by atoms with Gasteiger partial charge in [-0.05, 0) is 19.8 Å². The van der Waals surface area contributed by atoms with Crippen molar-refractivity contribution in [1.82, 2.24) is 19.3 Å². The summed E-state index contributed by atoms with van der Waals surface area (Å²) in [5.41, 5.74) is 5.78. The minimum Gasteiger partial charge on any atom is -0.478 e. The molecule has 2 aromatic rings. The number of aromatic nitrogens is 3. The standard InChI is InChI=1S/C24H30FN5O3S/c1-3-33-23-12-22(18-5-4-6-20(18)28-23)30-14-19-21(11-17(30)13-25)26-15-27-24(19)16-7-9-29(10-8-16)34(2,31)32/h4-5,12,15-17H,3,6-11,13-14H2,1-2H3. The molecule has 0 radical (unpaired) electrons. The zero-order valence-electron chi connectivity index (χ0n) is 19.6. The molecule has 0 aromatic carbocycles. The number of nitrogens with zero attached hydrogens (tertiary/aromatic N) is 5. The van der Waals surface area contributed by atoms with Crippen molar-refractivity contribution < 1.29 is 17.5 Å². The van der Waals surface area contributed by atoms with Gasteiger partial charge in [-0.1, -0.05) is 12.2 Å². The van der Waals surface area contributed by atoms with Crippen LogP contribution in [0.1, 0.15) is 53.9 Å². The number of rotatable bonds is 6. The molecule has 0 amide bonds. The summed E-state index contributed by atoms with van der Waals surface area (Å²) in [7, 11) is -3.19. The first-order chi connectivity index (χ1) is 16.4. The third-order valence-corrected chi connectivity index (χ3v) is 8.35. The van der Waals surface area contributed by atoms with Crippen molar-refractivity contribution in [2.75, 3.05) is 37.5 Å². The van der Waals surface area contributed by atoms with Crippen LogP contribution in [0.2, 0.25) is 0 Å². The van der Waals surface area contributed by atoms with Crippen LogP contribution in [0, 0.1) is 0 Å². The van der Waals surface area contributed by atoms with E-state index in [1.54, 1.807) is 6.33 Å². The maximum atomic E-state index is 14.3. The van der Waals surface area contributed by atoms with Crippen LogP contribution >= 0.6 is 0 Å². The average molecular weight is 488 g/mol. The van der Waals surface area contributed by atoms with Crippen LogP contribution in [0.15, 0.2) is 18.5 Å². The number of anilines is 1. The zero-order valence-corrected chi connectivity index (χ0v) is 20.4. The Labute approximate surface area is 199 Å². The van der Waals surface area contributed by atoms with Crippen molar-refractivity contribution in [2.45, 2.75) is 51.1 Å². The third kappa shape index (κ3) is 4.29. The van der Waals surface area contributed by atoms with Crippen molar-refractivity contribution >= 4 is 21.8 Å². The van der Waals surface area contributed by atoms with Crippen LogP contribution in [0.4, 0.5) is 10.1 Å². The fourth-order valence-corrected chi connectivity index (χ4v) is 6.21. The summed E-state index contributed by atoms with van der Waals surface area (Å²) in [4.78, 5) is 15.9. The summed E-state index contributed by atoms with van der Waals surface area (Å²) < 4.78 is 45.4. The fourth-order valence-electron chi connectivity index (χ4n) is 5.33. The molecule has 0 saturated carbocycles. The van der Waals surface area contributed by atoms with Crippen molar-refractivity contribution in [3.8, 4) is 5.88 Å². The quantitative estimate of drug-likeness (QED) is 0.619. The molecule has 1 unspecified atom stereocenters. The lowest BCUT2D eigenvalue weighted by molar-refractivity contribution is 0.316. The van der Waals surface area contributed by atoms with Crippen LogP contribution in [-0.4, -0.2) is 66.3 Å². The van der Waals surface area contributed by atoms with E-state index < -0.39 is 16.7 Å². The van der Waals surface area contributed by atoms with Crippen LogP contribution < -0.4 is 9.64 Å². The molecule has 10 heteroatoms. The Hall–Kier alpha value is -2.59. The lowest BCUT2D eigenvalue weighted by Crippen LogP contribution is -2.44. The topological polar surface area (TPSA) is 88.5 Å². The highest BCUT2D eigenvalue weighted by Gasteiger charge is 2.35. The maximum absolute atomic E-state index is 14.3. The molecular formula is C24H30FN5O3S. The predicted molar refractivity (Wildman–Crippen MR) is 128 cm³/mol. The SMILES string of the molecule is CCOc1cc(N2Cc3c(ncnc3C3CCN(S(C)(=O)=O)CC3)CC2CF)c2c(n1)CC=C2. The smallest absolute Gasteiger partial charge is 0.215 e. The van der Waals surface area contributed by atoms with Gasteiger partial charge in [-0.15, -0.1) is 0 Å². The van der Waals surface area contributed by atoms with E-state index in [4.69, 9.17) is 4.74 Å². The van der Waals surface area contributed by atoms with Gasteiger partial charge in [0.25, 0.3) is 0 Å². The van der Waals surface area contributed by atoms with Crippen LogP contribution in [0.3, 0.4) is 0 Å². The molecule has 34 heavy (non-hydrogen) atoms. The lowest BCUT2D eigenvalue weighted by Gasteiger charge is -2.39. The molecule has 2 aliphatic heterocycles. The number of ether oxygens (including phenoxy) is 1. The van der Waals surface area contributed by atoms with E-state index >= 15 is 0 Å². The fraction of sp³-hybridized carbons (Fsp3) is 0.542. The minimum atomic E-state index is -3.19. The van der Waals surface area contributed by atoms with Gasteiger partial charge >= 0.3 is 0 Å². The number of hydrogen-bond donors (Lipinski definition) is 0. The highest BCUT2D eigenvalue weighted by atomic mass is 32.2. The lowest BCUT2D eigenvalue weighted by atomic mass is 9.87. The molecule has 182 valence electrons. The molecule has 5 rings (SSSR count). The van der Waals surface area contributed by atoms with Gasteiger partial charge in [-0.3, -0.25) is 0 Å². The summed E-state index contributed by atoms with van der Waals surface area (Å²) in [6, 6.07) is 1.58. The van der Waals surface area contributed by atoms with E-state index in [-0.39, 0.29) is 12.0 Å². The molecule has 4 heterocycles. The van der Waals surface area contributed by atoms with Gasteiger partial charge in [0, 0.05) is 55.6 Å². The molecular weight excluding hydrogens is 457 g/mol. The maximum Gasteiger partial charge on any atom is 0.215 e. The third-order valence-electron chi connectivity index (χ3n) is 7.04. The summed E-state index contributed by atoms with van der Waals surface area (Å²) in [5, 5.41) is 0. The Balaban J connectivity index is 1.49. The van der Waals surface area contributed by atoms with Gasteiger partial charge in [0.2, 0.25) is 15.9 Å². The molecule has 0 N–H and O–H groups in total. The van der Waals surface area contributed by atoms with Crippen molar-refractivity contribution in [3.63, 3.8) is 0 Å². The first-order valence-corrected chi connectivity index (χ1v) is 13.7. The second-order valence-electron chi connectivity index (χ2n) is 9.14. The normalized spacial score (nSPS) is 20.9. The largest absolute Gasteiger partial charge is 0.478 e. The van der Waals surface area contributed by atoms with Crippen LogP contribution in [0.25, 0.3) is 6.08 Å². The predicted octanol–water partition coefficient (Wildman–Crippen LogP) is 2.88. The average Bonchev–Trinajstić information content (AvgIpc) is 3.31. The Kier molecular flexibility index (Phi) is 6.28. The minimum absolute atomic E-state index is 0.153. The molecule has 8 nitrogen and oxygen atoms in total. The number of pyridine rings is 1. The van der Waals surface area contributed by atoms with Gasteiger partial charge < -0.3 is 9.64 Å². The van der Waals surface area contributed by atoms with Gasteiger partial charge in [0.05, 0.1) is 41.7 Å². The van der Waals surface area contributed by atoms with E-state index in [9.17, 15) is 12.8 Å². The second-order valence-corrected chi connectivity index (χ2v) is 11.1. The van der Waals surface area contributed by atoms with E-state index in [1.807, 2.05) is 13.0 Å². The molecule has 1 fully saturated rings. The van der Waals surface area contributed by atoms with Crippen molar-refractivity contribution in [3.05, 3.63) is 46.7 Å². The molecule has 3 aliphatic rings. The number of sulfonamides is 1. The molecule has 2 aromatic heterocycles. The summed E-state index contributed by atoms with van der Waals surface area (Å²) in [6.45, 7) is 3.42. The van der Waals surface area contributed by atoms with Gasteiger partial charge in [0.1, 0.15) is 13.0 Å². The summed E-state index contributed by atoms with van der Waals surface area (Å²) in [6.07, 6.45) is 9.62. The van der Waals surface area contributed by atoms with E-state index in [0.717, 1.165) is 40.3 Å². The zero-order chi connectivity index (χ0) is 23.9. The van der Waals surface area contributed by atoms with Gasteiger partial charge in [-0.25, -0.2) is 32.1 Å². The van der Waals surface area contributed by atoms with E-state index in [0.29, 0.717) is 51.4 Å². The second kappa shape index (κ2) is 9.22. The van der Waals surface area contributed by atoms with Crippen molar-refractivity contribution in [1.29, 1.82) is 0 Å². The Morgan fingerprint density at radius 1 is 1.21 bits per heavy atom. The molecule has 1 atom stereocenters. The monoisotopic (exact) mass is 487 g/mol. The van der Waals surface area contributed by atoms with Crippen LogP contribution in [0.5, 0.6) is 5.88 Å². The van der Waals surface area contributed by atoms with Gasteiger partial charge in [0.15, 0.2) is 0 Å². The highest BCUT2D eigenvalue weighted by Crippen LogP contribution is 2.39. The van der Waals surface area contributed by atoms with E-state index in [1.165, 1.54) is 10.6 Å². The highest BCUT2D eigenvalue weighted by molar-refractivity contribution is 7.88. The van der Waals surface area contributed by atoms with Gasteiger partial charge in [-0.2, -0.15) is 0 Å². The number of allylic oxidation sites excluding steroid dienone is 1. The molecule has 0 spiro atoms. The Bertz CT molecular complexity index is 1210. The number of hydrogen-bond acceptors (Lipinski definition) is 7. The first kappa shape index (κ1) is 23.2. The summed E-state index contributed by atoms with van der Waals surface area (Å²) >= 11 is 0. The molecule has 0 bridgehead atoms.